The Labute approximate surface area is 148 Å². The lowest BCUT2D eigenvalue weighted by molar-refractivity contribution is -0.115. The van der Waals surface area contributed by atoms with Crippen molar-refractivity contribution in [2.45, 2.75) is 44.9 Å². The van der Waals surface area contributed by atoms with E-state index in [4.69, 9.17) is 4.42 Å². The first-order chi connectivity index (χ1) is 12.3. The van der Waals surface area contributed by atoms with E-state index in [1.165, 1.54) is 31.2 Å². The van der Waals surface area contributed by atoms with Gasteiger partial charge in [0.15, 0.2) is 0 Å². The van der Waals surface area contributed by atoms with Gasteiger partial charge >= 0.3 is 0 Å². The zero-order chi connectivity index (χ0) is 17.1. The summed E-state index contributed by atoms with van der Waals surface area (Å²) in [6.07, 6.45) is 7.49. The number of benzene rings is 2. The highest BCUT2D eigenvalue weighted by Crippen LogP contribution is 2.32. The predicted octanol–water partition coefficient (Wildman–Crippen LogP) is 5.27. The molecule has 0 radical (unpaired) electrons. The number of furan rings is 1. The Morgan fingerprint density at radius 2 is 1.76 bits per heavy atom. The highest BCUT2D eigenvalue weighted by atomic mass is 16.3. The molecule has 1 aliphatic rings. The van der Waals surface area contributed by atoms with E-state index in [1.54, 1.807) is 0 Å². The van der Waals surface area contributed by atoms with Crippen LogP contribution in [-0.4, -0.2) is 5.91 Å². The van der Waals surface area contributed by atoms with Crippen LogP contribution >= 0.6 is 0 Å². The molecule has 25 heavy (non-hydrogen) atoms. The number of rotatable bonds is 3. The van der Waals surface area contributed by atoms with Crippen molar-refractivity contribution in [1.82, 2.24) is 0 Å². The van der Waals surface area contributed by atoms with Crippen LogP contribution in [0.1, 0.15) is 42.6 Å². The van der Waals surface area contributed by atoms with Crippen LogP contribution in [-0.2, 0) is 24.1 Å². The molecule has 0 atom stereocenters. The molecule has 0 saturated carbocycles. The SMILES string of the molecule is O=C(Cc1ccccc1)Nc1ccc2oc3c(c2c1)CCCCCC3. The minimum absolute atomic E-state index is 0.0111. The predicted molar refractivity (Wildman–Crippen MR) is 101 cm³/mol. The van der Waals surface area contributed by atoms with Crippen molar-refractivity contribution < 1.29 is 9.21 Å². The molecule has 1 amide bonds. The molecule has 2 aromatic carbocycles. The van der Waals surface area contributed by atoms with Crippen molar-refractivity contribution in [1.29, 1.82) is 0 Å². The molecule has 1 heterocycles. The first-order valence-corrected chi connectivity index (χ1v) is 9.18. The molecule has 128 valence electrons. The molecule has 0 bridgehead atoms. The Hall–Kier alpha value is -2.55. The molecule has 3 nitrogen and oxygen atoms in total. The fraction of sp³-hybridized carbons (Fsp3) is 0.318. The summed E-state index contributed by atoms with van der Waals surface area (Å²) in [5, 5.41) is 4.19. The van der Waals surface area contributed by atoms with Gasteiger partial charge in [-0.2, -0.15) is 0 Å². The second kappa shape index (κ2) is 7.14. The van der Waals surface area contributed by atoms with Gasteiger partial charge < -0.3 is 9.73 Å². The molecular formula is C22H23NO2. The van der Waals surface area contributed by atoms with Crippen LogP contribution in [0.2, 0.25) is 0 Å². The largest absolute Gasteiger partial charge is 0.461 e. The first-order valence-electron chi connectivity index (χ1n) is 9.18. The minimum atomic E-state index is 0.0111. The molecular weight excluding hydrogens is 310 g/mol. The molecule has 0 saturated heterocycles. The molecule has 0 aliphatic heterocycles. The van der Waals surface area contributed by atoms with Crippen LogP contribution in [0.5, 0.6) is 0 Å². The molecule has 0 unspecified atom stereocenters. The van der Waals surface area contributed by atoms with Crippen LogP contribution in [0.15, 0.2) is 52.9 Å². The summed E-state index contributed by atoms with van der Waals surface area (Å²) < 4.78 is 6.07. The first kappa shape index (κ1) is 15.9. The molecule has 3 aromatic rings. The summed E-state index contributed by atoms with van der Waals surface area (Å²) in [4.78, 5) is 12.3. The van der Waals surface area contributed by atoms with Crippen LogP contribution in [0.25, 0.3) is 11.0 Å². The van der Waals surface area contributed by atoms with Crippen molar-refractivity contribution in [3.8, 4) is 0 Å². The Bertz CT molecular complexity index is 880. The van der Waals surface area contributed by atoms with E-state index in [-0.39, 0.29) is 5.91 Å². The average molecular weight is 333 g/mol. The topological polar surface area (TPSA) is 42.2 Å². The lowest BCUT2D eigenvalue weighted by Crippen LogP contribution is -2.14. The van der Waals surface area contributed by atoms with E-state index >= 15 is 0 Å². The second-order valence-corrected chi connectivity index (χ2v) is 6.84. The van der Waals surface area contributed by atoms with Crippen LogP contribution in [0, 0.1) is 0 Å². The van der Waals surface area contributed by atoms with E-state index in [2.05, 4.69) is 11.4 Å². The highest BCUT2D eigenvalue weighted by molar-refractivity contribution is 5.95. The number of anilines is 1. The Morgan fingerprint density at radius 3 is 2.60 bits per heavy atom. The van der Waals surface area contributed by atoms with E-state index in [0.717, 1.165) is 40.8 Å². The lowest BCUT2D eigenvalue weighted by Gasteiger charge is -2.08. The van der Waals surface area contributed by atoms with Gasteiger partial charge in [-0.3, -0.25) is 4.79 Å². The Kier molecular flexibility index (Phi) is 4.55. The molecule has 1 aliphatic carbocycles. The van der Waals surface area contributed by atoms with Gasteiger partial charge in [0.25, 0.3) is 0 Å². The fourth-order valence-corrected chi connectivity index (χ4v) is 3.68. The molecule has 3 heteroatoms. The van der Waals surface area contributed by atoms with Crippen molar-refractivity contribution >= 4 is 22.6 Å². The summed E-state index contributed by atoms with van der Waals surface area (Å²) >= 11 is 0. The minimum Gasteiger partial charge on any atom is -0.461 e. The molecule has 0 spiro atoms. The van der Waals surface area contributed by atoms with Crippen molar-refractivity contribution in [2.75, 3.05) is 5.32 Å². The van der Waals surface area contributed by atoms with Crippen LogP contribution < -0.4 is 5.32 Å². The zero-order valence-corrected chi connectivity index (χ0v) is 14.4. The third-order valence-electron chi connectivity index (χ3n) is 4.95. The van der Waals surface area contributed by atoms with Crippen molar-refractivity contribution in [3.05, 3.63) is 65.4 Å². The summed E-state index contributed by atoms with van der Waals surface area (Å²) in [5.74, 6) is 1.15. The van der Waals surface area contributed by atoms with E-state index < -0.39 is 0 Å². The Balaban J connectivity index is 1.56. The number of hydrogen-bond donors (Lipinski definition) is 1. The quantitative estimate of drug-likeness (QED) is 0.709. The monoisotopic (exact) mass is 333 g/mol. The standard InChI is InChI=1S/C22H23NO2/c24-22(14-16-8-4-3-5-9-16)23-17-12-13-21-19(15-17)18-10-6-1-2-7-11-20(18)25-21/h3-5,8-9,12-13,15H,1-2,6-7,10-11,14H2,(H,23,24). The number of hydrogen-bond acceptors (Lipinski definition) is 2. The molecule has 0 fully saturated rings. The summed E-state index contributed by atoms with van der Waals surface area (Å²) in [6, 6.07) is 15.8. The maximum atomic E-state index is 12.3. The maximum absolute atomic E-state index is 12.3. The van der Waals surface area contributed by atoms with Gasteiger partial charge in [0.2, 0.25) is 5.91 Å². The summed E-state index contributed by atoms with van der Waals surface area (Å²) in [6.45, 7) is 0. The highest BCUT2D eigenvalue weighted by Gasteiger charge is 2.16. The van der Waals surface area contributed by atoms with Crippen LogP contribution in [0.3, 0.4) is 0 Å². The molecule has 1 aromatic heterocycles. The second-order valence-electron chi connectivity index (χ2n) is 6.84. The number of carbonyl (C=O) groups is 1. The van der Waals surface area contributed by atoms with Crippen molar-refractivity contribution in [3.63, 3.8) is 0 Å². The number of carbonyl (C=O) groups excluding carboxylic acids is 1. The summed E-state index contributed by atoms with van der Waals surface area (Å²) in [7, 11) is 0. The average Bonchev–Trinajstić information content (AvgIpc) is 2.91. The van der Waals surface area contributed by atoms with Gasteiger partial charge in [-0.25, -0.2) is 0 Å². The van der Waals surface area contributed by atoms with Gasteiger partial charge in [0.05, 0.1) is 6.42 Å². The Morgan fingerprint density at radius 1 is 0.960 bits per heavy atom. The van der Waals surface area contributed by atoms with Gasteiger partial charge in [0.1, 0.15) is 11.3 Å². The van der Waals surface area contributed by atoms with Crippen LogP contribution in [0.4, 0.5) is 5.69 Å². The third kappa shape index (κ3) is 3.60. The van der Waals surface area contributed by atoms with E-state index in [1.807, 2.05) is 42.5 Å². The maximum Gasteiger partial charge on any atom is 0.228 e. The zero-order valence-electron chi connectivity index (χ0n) is 14.4. The number of fused-ring (bicyclic) bond motifs is 3. The number of nitrogens with one attached hydrogen (secondary N) is 1. The van der Waals surface area contributed by atoms with Gasteiger partial charge in [0, 0.05) is 23.1 Å². The number of aryl methyl sites for hydroxylation is 2. The van der Waals surface area contributed by atoms with Gasteiger partial charge in [-0.1, -0.05) is 43.2 Å². The summed E-state index contributed by atoms with van der Waals surface area (Å²) in [5.41, 5.74) is 4.15. The third-order valence-corrected chi connectivity index (χ3v) is 4.95. The van der Waals surface area contributed by atoms with Gasteiger partial charge in [-0.05, 0) is 43.0 Å². The lowest BCUT2D eigenvalue weighted by atomic mass is 9.97. The number of amides is 1. The van der Waals surface area contributed by atoms with Crippen molar-refractivity contribution in [2.24, 2.45) is 0 Å². The fourth-order valence-electron chi connectivity index (χ4n) is 3.68. The molecule has 4 rings (SSSR count). The smallest absolute Gasteiger partial charge is 0.228 e. The molecule has 1 N–H and O–H groups in total. The van der Waals surface area contributed by atoms with E-state index in [9.17, 15) is 4.79 Å². The van der Waals surface area contributed by atoms with Gasteiger partial charge in [-0.15, -0.1) is 0 Å². The van der Waals surface area contributed by atoms with E-state index in [0.29, 0.717) is 6.42 Å². The normalized spacial score (nSPS) is 14.6.